The van der Waals surface area contributed by atoms with Crippen LogP contribution >= 0.6 is 0 Å². The normalized spacial score (nSPS) is 29.7. The van der Waals surface area contributed by atoms with Crippen LogP contribution in [0, 0.1) is 5.41 Å². The monoisotopic (exact) mass is 210 g/mol. The minimum absolute atomic E-state index is 0.346. The summed E-state index contributed by atoms with van der Waals surface area (Å²) in [7, 11) is 2.19. The lowest BCUT2D eigenvalue weighted by Crippen LogP contribution is -2.54. The third kappa shape index (κ3) is 2.97. The standard InChI is InChI=1S/C13H26N2/c1-10-8-15(9-13(4,5)6)12(3)11(2)14(10)7/h10-11H,3,8-9H2,1-2,4-7H3. The quantitative estimate of drug-likeness (QED) is 0.656. The molecule has 0 spiro atoms. The molecule has 0 aromatic heterocycles. The van der Waals surface area contributed by atoms with Gasteiger partial charge in [-0.3, -0.25) is 4.90 Å². The molecule has 0 radical (unpaired) electrons. The Kier molecular flexibility index (Phi) is 3.49. The van der Waals surface area contributed by atoms with Gasteiger partial charge in [-0.15, -0.1) is 0 Å². The Labute approximate surface area is 94.9 Å². The molecule has 1 aliphatic heterocycles. The number of likely N-dealkylation sites (N-methyl/N-ethyl adjacent to an activating group) is 1. The van der Waals surface area contributed by atoms with E-state index in [1.807, 2.05) is 0 Å². The van der Waals surface area contributed by atoms with E-state index in [0.29, 0.717) is 17.5 Å². The Balaban J connectivity index is 2.71. The minimum atomic E-state index is 0.346. The van der Waals surface area contributed by atoms with Gasteiger partial charge in [-0.1, -0.05) is 27.4 Å². The van der Waals surface area contributed by atoms with Gasteiger partial charge in [-0.25, -0.2) is 0 Å². The fourth-order valence-electron chi connectivity index (χ4n) is 2.18. The van der Waals surface area contributed by atoms with E-state index in [-0.39, 0.29) is 0 Å². The van der Waals surface area contributed by atoms with E-state index in [2.05, 4.69) is 58.0 Å². The Hall–Kier alpha value is -0.500. The molecule has 1 aliphatic rings. The van der Waals surface area contributed by atoms with Crippen molar-refractivity contribution in [1.29, 1.82) is 0 Å². The van der Waals surface area contributed by atoms with Crippen molar-refractivity contribution in [1.82, 2.24) is 9.80 Å². The fraction of sp³-hybridized carbons (Fsp3) is 0.846. The number of hydrogen-bond acceptors (Lipinski definition) is 2. The second kappa shape index (κ2) is 4.17. The molecule has 0 bridgehead atoms. The third-order valence-corrected chi connectivity index (χ3v) is 3.34. The first-order valence-electron chi connectivity index (χ1n) is 5.88. The summed E-state index contributed by atoms with van der Waals surface area (Å²) < 4.78 is 0. The van der Waals surface area contributed by atoms with Crippen molar-refractivity contribution in [2.75, 3.05) is 20.1 Å². The maximum absolute atomic E-state index is 4.23. The average molecular weight is 210 g/mol. The lowest BCUT2D eigenvalue weighted by molar-refractivity contribution is 0.0829. The fourth-order valence-corrected chi connectivity index (χ4v) is 2.18. The van der Waals surface area contributed by atoms with Crippen LogP contribution in [0.25, 0.3) is 0 Å². The molecule has 2 atom stereocenters. The molecule has 1 fully saturated rings. The minimum Gasteiger partial charge on any atom is -0.372 e. The predicted octanol–water partition coefficient (Wildman–Crippen LogP) is 2.57. The predicted molar refractivity (Wildman–Crippen MR) is 66.9 cm³/mol. The molecule has 0 amide bonds. The molecule has 2 unspecified atom stereocenters. The first-order valence-corrected chi connectivity index (χ1v) is 5.88. The lowest BCUT2D eigenvalue weighted by atomic mass is 9.94. The van der Waals surface area contributed by atoms with Gasteiger partial charge in [0, 0.05) is 30.9 Å². The van der Waals surface area contributed by atoms with Gasteiger partial charge in [0.15, 0.2) is 0 Å². The second-order valence-corrected chi connectivity index (χ2v) is 6.12. The highest BCUT2D eigenvalue weighted by molar-refractivity contribution is 5.09. The summed E-state index contributed by atoms with van der Waals surface area (Å²) in [6.45, 7) is 17.8. The van der Waals surface area contributed by atoms with Gasteiger partial charge < -0.3 is 4.90 Å². The SMILES string of the molecule is C=C1C(C)N(C)C(C)CN1CC(C)(C)C. The third-order valence-electron chi connectivity index (χ3n) is 3.34. The van der Waals surface area contributed by atoms with E-state index in [0.717, 1.165) is 13.1 Å². The highest BCUT2D eigenvalue weighted by Gasteiger charge is 2.30. The van der Waals surface area contributed by atoms with Gasteiger partial charge in [-0.05, 0) is 26.3 Å². The number of rotatable bonds is 1. The summed E-state index contributed by atoms with van der Waals surface area (Å²) in [5, 5.41) is 0. The van der Waals surface area contributed by atoms with Crippen LogP contribution in [0.1, 0.15) is 34.6 Å². The molecule has 0 aromatic rings. The van der Waals surface area contributed by atoms with Gasteiger partial charge >= 0.3 is 0 Å². The first kappa shape index (κ1) is 12.6. The van der Waals surface area contributed by atoms with Crippen LogP contribution < -0.4 is 0 Å². The van der Waals surface area contributed by atoms with Crippen molar-refractivity contribution < 1.29 is 0 Å². The van der Waals surface area contributed by atoms with Gasteiger partial charge in [0.05, 0.1) is 0 Å². The zero-order valence-corrected chi connectivity index (χ0v) is 11.2. The molecule has 1 rings (SSSR count). The van der Waals surface area contributed by atoms with E-state index in [4.69, 9.17) is 0 Å². The maximum atomic E-state index is 4.23. The molecule has 1 saturated heterocycles. The van der Waals surface area contributed by atoms with Crippen LogP contribution in [0.5, 0.6) is 0 Å². The van der Waals surface area contributed by atoms with E-state index < -0.39 is 0 Å². The Morgan fingerprint density at radius 1 is 1.33 bits per heavy atom. The maximum Gasteiger partial charge on any atom is 0.0463 e. The molecule has 2 nitrogen and oxygen atoms in total. The van der Waals surface area contributed by atoms with Crippen LogP contribution in [-0.4, -0.2) is 42.0 Å². The molecule has 1 heterocycles. The molecular weight excluding hydrogens is 184 g/mol. The highest BCUT2D eigenvalue weighted by atomic mass is 15.3. The lowest BCUT2D eigenvalue weighted by Gasteiger charge is -2.47. The van der Waals surface area contributed by atoms with Crippen LogP contribution in [0.2, 0.25) is 0 Å². The molecule has 15 heavy (non-hydrogen) atoms. The Bertz CT molecular complexity index is 239. The number of hydrogen-bond donors (Lipinski definition) is 0. The zero-order chi connectivity index (χ0) is 11.8. The Morgan fingerprint density at radius 2 is 1.87 bits per heavy atom. The van der Waals surface area contributed by atoms with Crippen molar-refractivity contribution in [3.05, 3.63) is 12.3 Å². The van der Waals surface area contributed by atoms with Crippen molar-refractivity contribution in [2.24, 2.45) is 5.41 Å². The number of nitrogens with zero attached hydrogens (tertiary/aromatic N) is 2. The van der Waals surface area contributed by atoms with Gasteiger partial charge in [0.2, 0.25) is 0 Å². The summed E-state index contributed by atoms with van der Waals surface area (Å²) in [5.41, 5.74) is 1.61. The van der Waals surface area contributed by atoms with Crippen molar-refractivity contribution in [3.63, 3.8) is 0 Å². The van der Waals surface area contributed by atoms with Crippen LogP contribution in [-0.2, 0) is 0 Å². The van der Waals surface area contributed by atoms with E-state index in [9.17, 15) is 0 Å². The molecule has 0 aromatic carbocycles. The largest absolute Gasteiger partial charge is 0.372 e. The van der Waals surface area contributed by atoms with Gasteiger partial charge in [0.1, 0.15) is 0 Å². The second-order valence-electron chi connectivity index (χ2n) is 6.12. The summed E-state index contributed by atoms with van der Waals surface area (Å²) in [5.74, 6) is 0. The summed E-state index contributed by atoms with van der Waals surface area (Å²) in [6.07, 6.45) is 0. The summed E-state index contributed by atoms with van der Waals surface area (Å²) in [6, 6.07) is 1.09. The molecule has 0 N–H and O–H groups in total. The molecule has 88 valence electrons. The van der Waals surface area contributed by atoms with Gasteiger partial charge in [-0.2, -0.15) is 0 Å². The summed E-state index contributed by atoms with van der Waals surface area (Å²) in [4.78, 5) is 4.86. The topological polar surface area (TPSA) is 6.48 Å². The smallest absolute Gasteiger partial charge is 0.0463 e. The highest BCUT2D eigenvalue weighted by Crippen LogP contribution is 2.26. The average Bonchev–Trinajstić information content (AvgIpc) is 2.08. The zero-order valence-electron chi connectivity index (χ0n) is 11.2. The van der Waals surface area contributed by atoms with Crippen LogP contribution in [0.3, 0.4) is 0 Å². The van der Waals surface area contributed by atoms with Crippen molar-refractivity contribution in [2.45, 2.75) is 46.7 Å². The van der Waals surface area contributed by atoms with Crippen LogP contribution in [0.4, 0.5) is 0 Å². The Morgan fingerprint density at radius 3 is 2.33 bits per heavy atom. The summed E-state index contributed by atoms with van der Waals surface area (Å²) >= 11 is 0. The van der Waals surface area contributed by atoms with E-state index >= 15 is 0 Å². The molecule has 0 saturated carbocycles. The van der Waals surface area contributed by atoms with Gasteiger partial charge in [0.25, 0.3) is 0 Å². The van der Waals surface area contributed by atoms with Crippen molar-refractivity contribution in [3.8, 4) is 0 Å². The van der Waals surface area contributed by atoms with Crippen LogP contribution in [0.15, 0.2) is 12.3 Å². The first-order chi connectivity index (χ1) is 6.72. The number of piperazine rings is 1. The molecular formula is C13H26N2. The van der Waals surface area contributed by atoms with Crippen molar-refractivity contribution >= 4 is 0 Å². The molecule has 2 heteroatoms. The molecule has 0 aliphatic carbocycles. The van der Waals surface area contributed by atoms with E-state index in [1.54, 1.807) is 0 Å². The van der Waals surface area contributed by atoms with E-state index in [1.165, 1.54) is 5.70 Å².